The summed E-state index contributed by atoms with van der Waals surface area (Å²) in [5, 5.41) is 1.80. The molecule has 0 unspecified atom stereocenters. The SMILES string of the molecule is Cc1nc2cc(Cl)ccc2n1-c1nc(-n2c(C)nc3cc(Cl)ccc32)nc(-n2c(C)nc3cc(Cl)ccc32)n1. The minimum absolute atomic E-state index is 0.391. The average molecular weight is 575 g/mol. The van der Waals surface area contributed by atoms with Crippen LogP contribution in [0.4, 0.5) is 0 Å². The van der Waals surface area contributed by atoms with E-state index in [-0.39, 0.29) is 0 Å². The van der Waals surface area contributed by atoms with Crippen LogP contribution in [0.15, 0.2) is 54.6 Å². The van der Waals surface area contributed by atoms with Crippen molar-refractivity contribution >= 4 is 67.9 Å². The molecule has 0 saturated heterocycles. The maximum absolute atomic E-state index is 6.25. The summed E-state index contributed by atoms with van der Waals surface area (Å²) in [5.74, 6) is 3.28. The summed E-state index contributed by atoms with van der Waals surface area (Å²) in [6.07, 6.45) is 0. The lowest BCUT2D eigenvalue weighted by Crippen LogP contribution is -2.15. The fraction of sp³-hybridized carbons (Fsp3) is 0.111. The second-order valence-corrected chi connectivity index (χ2v) is 10.4. The molecule has 192 valence electrons. The molecule has 0 bridgehead atoms. The van der Waals surface area contributed by atoms with Crippen LogP contribution in [0.2, 0.25) is 15.1 Å². The molecule has 0 N–H and O–H groups in total. The van der Waals surface area contributed by atoms with Crippen molar-refractivity contribution in [2.24, 2.45) is 0 Å². The maximum atomic E-state index is 6.25. The van der Waals surface area contributed by atoms with E-state index in [0.29, 0.717) is 50.4 Å². The van der Waals surface area contributed by atoms with Gasteiger partial charge in [0.25, 0.3) is 0 Å². The number of nitrogens with zero attached hydrogens (tertiary/aromatic N) is 9. The van der Waals surface area contributed by atoms with Crippen LogP contribution in [0.3, 0.4) is 0 Å². The number of hydrogen-bond donors (Lipinski definition) is 0. The number of rotatable bonds is 3. The van der Waals surface area contributed by atoms with Gasteiger partial charge in [-0.05, 0) is 75.4 Å². The predicted octanol–water partition coefficient (Wildman–Crippen LogP) is 6.77. The predicted molar refractivity (Wildman–Crippen MR) is 153 cm³/mol. The first-order valence-electron chi connectivity index (χ1n) is 12.0. The van der Waals surface area contributed by atoms with Crippen molar-refractivity contribution in [2.75, 3.05) is 0 Å². The molecule has 0 spiro atoms. The standard InChI is InChI=1S/C27H18Cl3N9/c1-13-31-19-10-16(28)4-7-22(19)37(13)25-34-26(38-14(2)32-20-11-17(29)5-8-23(20)38)36-27(35-25)39-15(3)33-21-12-18(30)6-9-24(21)39/h4-12H,1-3H3. The van der Waals surface area contributed by atoms with E-state index in [0.717, 1.165) is 33.1 Å². The lowest BCUT2D eigenvalue weighted by atomic mass is 10.3. The van der Waals surface area contributed by atoms with Gasteiger partial charge in [0.05, 0.1) is 33.1 Å². The summed E-state index contributed by atoms with van der Waals surface area (Å²) < 4.78 is 5.66. The Hall–Kier alpha value is -4.05. The highest BCUT2D eigenvalue weighted by Gasteiger charge is 2.21. The van der Waals surface area contributed by atoms with Crippen molar-refractivity contribution in [1.82, 2.24) is 43.6 Å². The van der Waals surface area contributed by atoms with Gasteiger partial charge < -0.3 is 0 Å². The molecule has 7 rings (SSSR count). The molecule has 9 nitrogen and oxygen atoms in total. The number of fused-ring (bicyclic) bond motifs is 3. The first kappa shape index (κ1) is 24.0. The molecule has 4 heterocycles. The molecular formula is C27H18Cl3N9. The fourth-order valence-electron chi connectivity index (χ4n) is 4.92. The number of imidazole rings is 3. The molecule has 0 aliphatic rings. The second-order valence-electron chi connectivity index (χ2n) is 9.12. The van der Waals surface area contributed by atoms with E-state index >= 15 is 0 Å². The second kappa shape index (κ2) is 8.74. The number of aromatic nitrogens is 9. The first-order chi connectivity index (χ1) is 18.8. The molecule has 0 fully saturated rings. The minimum atomic E-state index is 0.391. The number of hydrogen-bond acceptors (Lipinski definition) is 6. The van der Waals surface area contributed by atoms with E-state index in [1.807, 2.05) is 89.1 Å². The van der Waals surface area contributed by atoms with Gasteiger partial charge in [0.2, 0.25) is 17.8 Å². The Morgan fingerprint density at radius 1 is 0.436 bits per heavy atom. The molecule has 0 radical (unpaired) electrons. The highest BCUT2D eigenvalue weighted by atomic mass is 35.5. The normalized spacial score (nSPS) is 11.8. The Morgan fingerprint density at radius 3 is 1.00 bits per heavy atom. The minimum Gasteiger partial charge on any atom is -0.264 e. The number of halogens is 3. The molecule has 0 amide bonds. The van der Waals surface area contributed by atoms with Gasteiger partial charge in [0, 0.05) is 15.1 Å². The summed E-state index contributed by atoms with van der Waals surface area (Å²) in [6, 6.07) is 16.6. The highest BCUT2D eigenvalue weighted by Crippen LogP contribution is 2.28. The molecule has 12 heteroatoms. The maximum Gasteiger partial charge on any atom is 0.242 e. The molecule has 0 saturated carbocycles. The van der Waals surface area contributed by atoms with Crippen LogP contribution in [0.5, 0.6) is 0 Å². The van der Waals surface area contributed by atoms with E-state index in [2.05, 4.69) is 0 Å². The zero-order valence-corrected chi connectivity index (χ0v) is 23.1. The number of aryl methyl sites for hydroxylation is 3. The van der Waals surface area contributed by atoms with Crippen LogP contribution in [-0.4, -0.2) is 43.6 Å². The molecule has 7 aromatic rings. The third-order valence-corrected chi connectivity index (χ3v) is 7.26. The Bertz CT molecular complexity index is 1860. The van der Waals surface area contributed by atoms with E-state index < -0.39 is 0 Å². The van der Waals surface area contributed by atoms with E-state index in [9.17, 15) is 0 Å². The molecule has 0 aliphatic carbocycles. The van der Waals surface area contributed by atoms with Crippen molar-refractivity contribution in [3.63, 3.8) is 0 Å². The molecule has 39 heavy (non-hydrogen) atoms. The largest absolute Gasteiger partial charge is 0.264 e. The van der Waals surface area contributed by atoms with Crippen molar-refractivity contribution < 1.29 is 0 Å². The van der Waals surface area contributed by atoms with Gasteiger partial charge in [-0.15, -0.1) is 0 Å². The van der Waals surface area contributed by atoms with Gasteiger partial charge in [-0.2, -0.15) is 15.0 Å². The van der Waals surface area contributed by atoms with E-state index in [4.69, 9.17) is 64.7 Å². The lowest BCUT2D eigenvalue weighted by Gasteiger charge is -2.13. The molecule has 3 aromatic carbocycles. The van der Waals surface area contributed by atoms with Crippen LogP contribution < -0.4 is 0 Å². The smallest absolute Gasteiger partial charge is 0.242 e. The summed E-state index contributed by atoms with van der Waals surface area (Å²) in [4.78, 5) is 28.9. The summed E-state index contributed by atoms with van der Waals surface area (Å²) >= 11 is 18.7. The van der Waals surface area contributed by atoms with Crippen molar-refractivity contribution in [3.8, 4) is 17.8 Å². The Balaban J connectivity index is 1.56. The van der Waals surface area contributed by atoms with E-state index in [1.54, 1.807) is 0 Å². The molecular weight excluding hydrogens is 557 g/mol. The van der Waals surface area contributed by atoms with Crippen LogP contribution in [0.25, 0.3) is 50.9 Å². The van der Waals surface area contributed by atoms with E-state index in [1.165, 1.54) is 0 Å². The Kier molecular flexibility index (Phi) is 5.38. The summed E-state index contributed by atoms with van der Waals surface area (Å²) in [7, 11) is 0. The topological polar surface area (TPSA) is 92.1 Å². The molecule has 0 atom stereocenters. The Labute approximate surface area is 236 Å². The van der Waals surface area contributed by atoms with Crippen molar-refractivity contribution in [3.05, 3.63) is 87.1 Å². The quantitative estimate of drug-likeness (QED) is 0.231. The third-order valence-electron chi connectivity index (χ3n) is 6.55. The zero-order chi connectivity index (χ0) is 27.0. The highest BCUT2D eigenvalue weighted by molar-refractivity contribution is 6.31. The third kappa shape index (κ3) is 3.84. The summed E-state index contributed by atoms with van der Waals surface area (Å²) in [6.45, 7) is 5.70. The van der Waals surface area contributed by atoms with Crippen LogP contribution in [0, 0.1) is 20.8 Å². The Morgan fingerprint density at radius 2 is 0.718 bits per heavy atom. The lowest BCUT2D eigenvalue weighted by molar-refractivity contribution is 0.788. The monoisotopic (exact) mass is 573 g/mol. The average Bonchev–Trinajstić information content (AvgIpc) is 3.50. The van der Waals surface area contributed by atoms with Crippen molar-refractivity contribution in [2.45, 2.75) is 20.8 Å². The molecule has 0 aliphatic heterocycles. The van der Waals surface area contributed by atoms with Gasteiger partial charge >= 0.3 is 0 Å². The fourth-order valence-corrected chi connectivity index (χ4v) is 5.42. The van der Waals surface area contributed by atoms with Crippen LogP contribution >= 0.6 is 34.8 Å². The molecule has 4 aromatic heterocycles. The van der Waals surface area contributed by atoms with Gasteiger partial charge in [0.15, 0.2) is 0 Å². The van der Waals surface area contributed by atoms with Gasteiger partial charge in [-0.1, -0.05) is 34.8 Å². The zero-order valence-electron chi connectivity index (χ0n) is 20.9. The first-order valence-corrected chi connectivity index (χ1v) is 13.1. The van der Waals surface area contributed by atoms with Crippen molar-refractivity contribution in [1.29, 1.82) is 0 Å². The number of benzene rings is 3. The van der Waals surface area contributed by atoms with Crippen LogP contribution in [0.1, 0.15) is 17.5 Å². The summed E-state index contributed by atoms with van der Waals surface area (Å²) in [5.41, 5.74) is 4.66. The van der Waals surface area contributed by atoms with Crippen LogP contribution in [-0.2, 0) is 0 Å². The van der Waals surface area contributed by atoms with Gasteiger partial charge in [0.1, 0.15) is 17.5 Å². The van der Waals surface area contributed by atoms with Gasteiger partial charge in [-0.25, -0.2) is 15.0 Å². The van der Waals surface area contributed by atoms with Gasteiger partial charge in [-0.3, -0.25) is 13.7 Å².